The van der Waals surface area contributed by atoms with Gasteiger partial charge in [-0.3, -0.25) is 4.79 Å². The Morgan fingerprint density at radius 1 is 1.39 bits per heavy atom. The van der Waals surface area contributed by atoms with Crippen molar-refractivity contribution in [1.82, 2.24) is 9.97 Å². The lowest BCUT2D eigenvalue weighted by molar-refractivity contribution is 0.604. The number of nitrogens with one attached hydrogen (secondary N) is 1. The predicted molar refractivity (Wildman–Crippen MR) is 69.2 cm³/mol. The molecule has 5 N–H and O–H groups in total. The maximum Gasteiger partial charge on any atom is 0.251 e. The highest BCUT2D eigenvalue weighted by Gasteiger charge is 2.16. The summed E-state index contributed by atoms with van der Waals surface area (Å²) in [4.78, 5) is 17.5. The van der Waals surface area contributed by atoms with E-state index in [9.17, 15) is 9.18 Å². The van der Waals surface area contributed by atoms with Crippen molar-refractivity contribution >= 4 is 34.7 Å². The van der Waals surface area contributed by atoms with Crippen molar-refractivity contribution in [3.05, 3.63) is 39.5 Å². The zero-order valence-corrected chi connectivity index (χ0v) is 10.5. The Morgan fingerprint density at radius 3 is 2.78 bits per heavy atom. The smallest absolute Gasteiger partial charge is 0.251 e. The van der Waals surface area contributed by atoms with E-state index >= 15 is 0 Å². The van der Waals surface area contributed by atoms with Gasteiger partial charge < -0.3 is 16.5 Å². The van der Waals surface area contributed by atoms with E-state index < -0.39 is 5.82 Å². The summed E-state index contributed by atoms with van der Waals surface area (Å²) < 4.78 is 13.9. The van der Waals surface area contributed by atoms with Crippen LogP contribution in [0.15, 0.2) is 33.2 Å². The molecule has 0 unspecified atom stereocenters. The van der Waals surface area contributed by atoms with E-state index in [4.69, 9.17) is 23.1 Å². The standard InChI is InChI=1S/C10H8ClFN4OS/c11-7-4(13)3-5(14)9(8(7)12)18-10-15-2-1-6(17)16-10/h1-3H,13-14H2,(H,15,16,17). The van der Waals surface area contributed by atoms with Gasteiger partial charge in [0.05, 0.1) is 16.3 Å². The minimum absolute atomic E-state index is 0.0607. The van der Waals surface area contributed by atoms with E-state index in [-0.39, 0.29) is 32.0 Å². The highest BCUT2D eigenvalue weighted by atomic mass is 35.5. The Hall–Kier alpha value is -1.73. The summed E-state index contributed by atoms with van der Waals surface area (Å²) in [6.07, 6.45) is 1.31. The molecule has 1 aromatic carbocycles. The van der Waals surface area contributed by atoms with Gasteiger partial charge in [-0.25, -0.2) is 9.37 Å². The minimum Gasteiger partial charge on any atom is -0.398 e. The predicted octanol–water partition coefficient (Wildman–Crippen LogP) is 1.88. The molecule has 0 saturated carbocycles. The molecule has 94 valence electrons. The van der Waals surface area contributed by atoms with E-state index in [1.165, 1.54) is 18.3 Å². The Balaban J connectivity index is 2.47. The first-order chi connectivity index (χ1) is 8.49. The van der Waals surface area contributed by atoms with Gasteiger partial charge in [-0.05, 0) is 17.8 Å². The molecule has 0 amide bonds. The van der Waals surface area contributed by atoms with Gasteiger partial charge in [-0.2, -0.15) is 0 Å². The fraction of sp³-hybridized carbons (Fsp3) is 0. The summed E-state index contributed by atoms with van der Waals surface area (Å²) in [5, 5.41) is 0.0129. The number of rotatable bonds is 2. The molecule has 0 aliphatic carbocycles. The number of nitrogen functional groups attached to an aromatic ring is 2. The fourth-order valence-corrected chi connectivity index (χ4v) is 2.29. The number of hydrogen-bond acceptors (Lipinski definition) is 5. The van der Waals surface area contributed by atoms with Gasteiger partial charge in [0.2, 0.25) is 0 Å². The monoisotopic (exact) mass is 286 g/mol. The largest absolute Gasteiger partial charge is 0.398 e. The van der Waals surface area contributed by atoms with Crippen LogP contribution in [0.25, 0.3) is 0 Å². The lowest BCUT2D eigenvalue weighted by Gasteiger charge is -2.09. The molecule has 1 heterocycles. The zero-order chi connectivity index (χ0) is 13.3. The molecule has 0 radical (unpaired) electrons. The number of aromatic amines is 1. The lowest BCUT2D eigenvalue weighted by Crippen LogP contribution is -2.06. The van der Waals surface area contributed by atoms with Crippen LogP contribution in [0.3, 0.4) is 0 Å². The van der Waals surface area contributed by atoms with E-state index in [1.54, 1.807) is 0 Å². The molecule has 0 aliphatic rings. The second-order valence-corrected chi connectivity index (χ2v) is 4.73. The Kier molecular flexibility index (Phi) is 3.44. The second kappa shape index (κ2) is 4.87. The van der Waals surface area contributed by atoms with Gasteiger partial charge in [-0.15, -0.1) is 0 Å². The maximum absolute atomic E-state index is 13.9. The quantitative estimate of drug-likeness (QED) is 0.578. The minimum atomic E-state index is -0.731. The topological polar surface area (TPSA) is 97.8 Å². The van der Waals surface area contributed by atoms with Crippen molar-refractivity contribution in [3.8, 4) is 0 Å². The van der Waals surface area contributed by atoms with Crippen LogP contribution in [0.2, 0.25) is 5.02 Å². The third kappa shape index (κ3) is 2.41. The first kappa shape index (κ1) is 12.7. The van der Waals surface area contributed by atoms with Gasteiger partial charge in [-0.1, -0.05) is 11.6 Å². The van der Waals surface area contributed by atoms with Crippen molar-refractivity contribution in [2.75, 3.05) is 11.5 Å². The van der Waals surface area contributed by atoms with Crippen LogP contribution in [-0.4, -0.2) is 9.97 Å². The van der Waals surface area contributed by atoms with Crippen LogP contribution in [-0.2, 0) is 0 Å². The Morgan fingerprint density at radius 2 is 2.11 bits per heavy atom. The highest BCUT2D eigenvalue weighted by Crippen LogP contribution is 2.38. The van der Waals surface area contributed by atoms with Crippen LogP contribution in [0, 0.1) is 5.82 Å². The Labute approximate surface area is 110 Å². The first-order valence-corrected chi connectivity index (χ1v) is 5.94. The van der Waals surface area contributed by atoms with Gasteiger partial charge >= 0.3 is 0 Å². The average Bonchev–Trinajstić information content (AvgIpc) is 2.32. The second-order valence-electron chi connectivity index (χ2n) is 3.35. The molecule has 0 atom stereocenters. The van der Waals surface area contributed by atoms with E-state index in [2.05, 4.69) is 9.97 Å². The van der Waals surface area contributed by atoms with Crippen molar-refractivity contribution in [2.45, 2.75) is 10.1 Å². The number of hydrogen-bond donors (Lipinski definition) is 3. The molecule has 0 fully saturated rings. The van der Waals surface area contributed by atoms with E-state index in [0.717, 1.165) is 11.8 Å². The number of halogens is 2. The molecule has 0 spiro atoms. The molecule has 0 saturated heterocycles. The number of anilines is 2. The summed E-state index contributed by atoms with van der Waals surface area (Å²) in [6.45, 7) is 0. The molecule has 2 rings (SSSR count). The number of H-pyrrole nitrogens is 1. The third-order valence-corrected chi connectivity index (χ3v) is 3.47. The van der Waals surface area contributed by atoms with Crippen LogP contribution in [0.1, 0.15) is 0 Å². The van der Waals surface area contributed by atoms with Crippen LogP contribution in [0.4, 0.5) is 15.8 Å². The third-order valence-electron chi connectivity index (χ3n) is 2.07. The summed E-state index contributed by atoms with van der Waals surface area (Å²) >= 11 is 6.56. The number of aromatic nitrogens is 2. The molecule has 8 heteroatoms. The van der Waals surface area contributed by atoms with Crippen molar-refractivity contribution in [3.63, 3.8) is 0 Å². The number of nitrogens with zero attached hydrogens (tertiary/aromatic N) is 1. The summed E-state index contributed by atoms with van der Waals surface area (Å²) in [6, 6.07) is 2.61. The van der Waals surface area contributed by atoms with Crippen LogP contribution in [0.5, 0.6) is 0 Å². The molecule has 18 heavy (non-hydrogen) atoms. The highest BCUT2D eigenvalue weighted by molar-refractivity contribution is 7.99. The van der Waals surface area contributed by atoms with Gasteiger partial charge in [0.25, 0.3) is 5.56 Å². The van der Waals surface area contributed by atoms with E-state index in [1.807, 2.05) is 0 Å². The van der Waals surface area contributed by atoms with Gasteiger partial charge in [0.1, 0.15) is 5.02 Å². The van der Waals surface area contributed by atoms with E-state index in [0.29, 0.717) is 0 Å². The van der Waals surface area contributed by atoms with Crippen molar-refractivity contribution in [1.29, 1.82) is 0 Å². The summed E-state index contributed by atoms with van der Waals surface area (Å²) in [5.41, 5.74) is 11.0. The SMILES string of the molecule is Nc1cc(N)c(Sc2nccc(=O)[nH]2)c(F)c1Cl. The average molecular weight is 287 g/mol. The molecular weight excluding hydrogens is 279 g/mol. The first-order valence-electron chi connectivity index (χ1n) is 4.75. The van der Waals surface area contributed by atoms with Gasteiger partial charge in [0, 0.05) is 12.3 Å². The fourth-order valence-electron chi connectivity index (χ4n) is 1.25. The maximum atomic E-state index is 13.9. The molecule has 0 bridgehead atoms. The summed E-state index contributed by atoms with van der Waals surface area (Å²) in [7, 11) is 0. The summed E-state index contributed by atoms with van der Waals surface area (Å²) in [5.74, 6) is -0.731. The molecule has 1 aromatic heterocycles. The van der Waals surface area contributed by atoms with Crippen molar-refractivity contribution < 1.29 is 4.39 Å². The van der Waals surface area contributed by atoms with Gasteiger partial charge in [0.15, 0.2) is 11.0 Å². The zero-order valence-electron chi connectivity index (χ0n) is 8.91. The Bertz CT molecular complexity index is 661. The molecule has 2 aromatic rings. The number of nitrogens with two attached hydrogens (primary N) is 2. The normalized spacial score (nSPS) is 10.6. The lowest BCUT2D eigenvalue weighted by atomic mass is 10.3. The van der Waals surface area contributed by atoms with Crippen LogP contribution >= 0.6 is 23.4 Å². The number of benzene rings is 1. The van der Waals surface area contributed by atoms with Crippen molar-refractivity contribution in [2.24, 2.45) is 0 Å². The van der Waals surface area contributed by atoms with Crippen LogP contribution < -0.4 is 17.0 Å². The molecular formula is C10H8ClFN4OS. The molecule has 0 aliphatic heterocycles. The molecule has 5 nitrogen and oxygen atoms in total.